The average molecular weight is 553 g/mol. The minimum absolute atomic E-state index is 0.144. The van der Waals surface area contributed by atoms with E-state index >= 15 is 0 Å². The lowest BCUT2D eigenvalue weighted by molar-refractivity contribution is -0.362. The van der Waals surface area contributed by atoms with E-state index < -0.39 is 15.6 Å². The van der Waals surface area contributed by atoms with Gasteiger partial charge in [-0.2, -0.15) is 0 Å². The van der Waals surface area contributed by atoms with Crippen LogP contribution >= 0.6 is 0 Å². The van der Waals surface area contributed by atoms with Crippen molar-refractivity contribution in [2.75, 3.05) is 48.9 Å². The fourth-order valence-corrected chi connectivity index (χ4v) is 5.98. The maximum atomic E-state index is 13.1. The van der Waals surface area contributed by atoms with Crippen LogP contribution in [0.15, 0.2) is 64.6 Å². The molecule has 2 aromatic carbocycles. The van der Waals surface area contributed by atoms with Crippen LogP contribution in [0.5, 0.6) is 0 Å². The second kappa shape index (κ2) is 11.6. The Labute approximate surface area is 230 Å². The van der Waals surface area contributed by atoms with Gasteiger partial charge in [0.2, 0.25) is 10.0 Å². The van der Waals surface area contributed by atoms with Gasteiger partial charge in [-0.1, -0.05) is 6.07 Å². The molecule has 0 spiro atoms. The summed E-state index contributed by atoms with van der Waals surface area (Å²) in [5, 5.41) is 6.08. The van der Waals surface area contributed by atoms with E-state index in [0.29, 0.717) is 11.5 Å². The van der Waals surface area contributed by atoms with Gasteiger partial charge in [-0.15, -0.1) is 0 Å². The normalized spacial score (nSPS) is 14.8. The molecule has 39 heavy (non-hydrogen) atoms. The highest BCUT2D eigenvalue weighted by Gasteiger charge is 2.28. The Morgan fingerprint density at radius 1 is 1.05 bits per heavy atom. The molecule has 0 radical (unpaired) electrons. The first kappa shape index (κ1) is 28.3. The Kier molecular flexibility index (Phi) is 8.43. The van der Waals surface area contributed by atoms with E-state index in [9.17, 15) is 8.42 Å². The predicted octanol–water partition coefficient (Wildman–Crippen LogP) is 3.49. The molecule has 208 valence electrons. The summed E-state index contributed by atoms with van der Waals surface area (Å²) in [5.74, 6) is 0.684. The number of H-pyrrole nitrogens is 1. The number of hydrogen-bond acceptors (Lipinski definition) is 6. The number of ether oxygens (including phenoxy) is 1. The van der Waals surface area contributed by atoms with Crippen LogP contribution in [0, 0.1) is 6.92 Å². The second-order valence-corrected chi connectivity index (χ2v) is 12.2. The third-order valence-corrected chi connectivity index (χ3v) is 7.95. The van der Waals surface area contributed by atoms with Crippen LogP contribution in [0.2, 0.25) is 0 Å². The number of guanidine groups is 1. The minimum Gasteiger partial charge on any atom is -0.378 e. The Morgan fingerprint density at radius 3 is 2.36 bits per heavy atom. The van der Waals surface area contributed by atoms with Crippen LogP contribution in [0.4, 0.5) is 22.9 Å². The molecule has 2 heterocycles. The fraction of sp³-hybridized carbons (Fsp3) is 0.357. The zero-order chi connectivity index (χ0) is 28.2. The van der Waals surface area contributed by atoms with E-state index in [1.807, 2.05) is 37.3 Å². The number of hydrogen-bond donors (Lipinski definition) is 4. The number of anilines is 3. The van der Waals surface area contributed by atoms with E-state index in [1.165, 1.54) is 0 Å². The first-order valence-electron chi connectivity index (χ1n) is 12.9. The summed E-state index contributed by atoms with van der Waals surface area (Å²) in [7, 11) is -2.09. The number of aryl methyl sites for hydroxylation is 1. The molecule has 10 nitrogen and oxygen atoms in total. The summed E-state index contributed by atoms with van der Waals surface area (Å²) in [5.41, 5.74) is 10.8. The van der Waals surface area contributed by atoms with Gasteiger partial charge in [-0.3, -0.25) is 5.32 Å². The third kappa shape index (κ3) is 7.25. The summed E-state index contributed by atoms with van der Waals surface area (Å²) in [6.45, 7) is 10.6. The van der Waals surface area contributed by atoms with E-state index in [1.54, 1.807) is 40.1 Å². The second-order valence-electron chi connectivity index (χ2n) is 10.5. The van der Waals surface area contributed by atoms with E-state index in [-0.39, 0.29) is 10.9 Å². The van der Waals surface area contributed by atoms with Gasteiger partial charge in [0.25, 0.3) is 5.82 Å². The minimum atomic E-state index is -3.76. The fourth-order valence-electron chi connectivity index (χ4n) is 4.35. The van der Waals surface area contributed by atoms with Gasteiger partial charge in [-0.25, -0.2) is 23.1 Å². The number of aromatic amines is 1. The molecule has 4 rings (SSSR count). The average Bonchev–Trinajstić information content (AvgIpc) is 2.89. The Morgan fingerprint density at radius 2 is 1.74 bits per heavy atom. The van der Waals surface area contributed by atoms with Gasteiger partial charge < -0.3 is 20.7 Å². The molecule has 0 unspecified atom stereocenters. The Balaban J connectivity index is 1.52. The molecule has 0 aliphatic carbocycles. The van der Waals surface area contributed by atoms with E-state index in [4.69, 9.17) is 10.5 Å². The van der Waals surface area contributed by atoms with Crippen LogP contribution in [0.25, 0.3) is 11.1 Å². The zero-order valence-electron chi connectivity index (χ0n) is 23.1. The number of morpholine rings is 1. The molecule has 0 amide bonds. The predicted molar refractivity (Wildman–Crippen MR) is 157 cm³/mol. The van der Waals surface area contributed by atoms with E-state index in [2.05, 4.69) is 42.4 Å². The quantitative estimate of drug-likeness (QED) is 0.260. The lowest BCUT2D eigenvalue weighted by Crippen LogP contribution is -2.41. The van der Waals surface area contributed by atoms with Crippen LogP contribution in [0.1, 0.15) is 26.3 Å². The van der Waals surface area contributed by atoms with Crippen molar-refractivity contribution in [3.63, 3.8) is 0 Å². The van der Waals surface area contributed by atoms with Crippen molar-refractivity contribution < 1.29 is 18.1 Å². The number of sulfonamides is 1. The highest BCUT2D eigenvalue weighted by atomic mass is 32.2. The number of nitrogens with two attached hydrogens (primary N) is 1. The SMILES string of the molecule is CNc1[nH+]cc(-c2ccc(N=C(N)Nc3ccc(N4CCOCC4)cc3)c(C)c2)cc1S(=O)(=O)NC(C)(C)C. The summed E-state index contributed by atoms with van der Waals surface area (Å²) in [4.78, 5) is 10.1. The number of pyridine rings is 1. The van der Waals surface area contributed by atoms with Crippen LogP contribution < -0.4 is 31.0 Å². The standard InChI is InChI=1S/C28H37N7O3S/c1-19-16-20(21-17-25(26(30-5)31-18-21)39(36,37)34-28(2,3)4)6-11-24(19)33-27(29)32-22-7-9-23(10-8-22)35-12-14-38-15-13-35/h6-11,16-18,34H,12-15H2,1-5H3,(H,30,31)(H3,29,32,33)/p+1. The van der Waals surface area contributed by atoms with Crippen molar-refractivity contribution in [3.8, 4) is 11.1 Å². The summed E-state index contributed by atoms with van der Waals surface area (Å²) >= 11 is 0. The molecule has 0 saturated carbocycles. The van der Waals surface area contributed by atoms with Crippen molar-refractivity contribution in [1.82, 2.24) is 4.72 Å². The molecule has 11 heteroatoms. The van der Waals surface area contributed by atoms with Gasteiger partial charge in [0.1, 0.15) is 0 Å². The lowest BCUT2D eigenvalue weighted by atomic mass is 10.0. The molecule has 3 aromatic rings. The zero-order valence-corrected chi connectivity index (χ0v) is 23.9. The van der Waals surface area contributed by atoms with Crippen molar-refractivity contribution >= 4 is 38.9 Å². The first-order chi connectivity index (χ1) is 18.4. The maximum Gasteiger partial charge on any atom is 0.292 e. The third-order valence-electron chi connectivity index (χ3n) is 6.17. The van der Waals surface area contributed by atoms with Gasteiger partial charge in [0.15, 0.2) is 10.9 Å². The van der Waals surface area contributed by atoms with Gasteiger partial charge >= 0.3 is 0 Å². The molecule has 0 atom stereocenters. The number of aliphatic imine (C=N–C) groups is 1. The highest BCUT2D eigenvalue weighted by Crippen LogP contribution is 2.29. The molecule has 1 aliphatic heterocycles. The van der Waals surface area contributed by atoms with E-state index in [0.717, 1.165) is 54.4 Å². The molecule has 1 fully saturated rings. The lowest BCUT2D eigenvalue weighted by Gasteiger charge is -2.28. The van der Waals surface area contributed by atoms with Crippen molar-refractivity contribution in [3.05, 3.63) is 60.3 Å². The number of aromatic nitrogens is 1. The largest absolute Gasteiger partial charge is 0.378 e. The number of benzene rings is 2. The van der Waals surface area contributed by atoms with Gasteiger partial charge in [0, 0.05) is 35.6 Å². The van der Waals surface area contributed by atoms with Crippen LogP contribution in [-0.4, -0.2) is 53.3 Å². The summed E-state index contributed by atoms with van der Waals surface area (Å²) in [6, 6.07) is 15.5. The molecule has 1 aromatic heterocycles. The number of nitrogens with zero attached hydrogens (tertiary/aromatic N) is 2. The van der Waals surface area contributed by atoms with Crippen molar-refractivity contribution in [1.29, 1.82) is 0 Å². The Hall–Kier alpha value is -3.67. The smallest absolute Gasteiger partial charge is 0.292 e. The topological polar surface area (TPSA) is 135 Å². The molecular weight excluding hydrogens is 514 g/mol. The Bertz CT molecular complexity index is 1440. The summed E-state index contributed by atoms with van der Waals surface area (Å²) < 4.78 is 34.3. The molecular formula is C28H38N7O3S+. The summed E-state index contributed by atoms with van der Waals surface area (Å²) in [6.07, 6.45) is 1.77. The molecule has 1 saturated heterocycles. The number of rotatable bonds is 7. The van der Waals surface area contributed by atoms with Crippen LogP contribution in [0.3, 0.4) is 0 Å². The van der Waals surface area contributed by atoms with Crippen molar-refractivity contribution in [2.45, 2.75) is 38.1 Å². The number of nitrogens with one attached hydrogen (secondary N) is 4. The molecule has 6 N–H and O–H groups in total. The molecule has 0 bridgehead atoms. The molecule has 1 aliphatic rings. The van der Waals surface area contributed by atoms with Gasteiger partial charge in [0.05, 0.1) is 32.1 Å². The highest BCUT2D eigenvalue weighted by molar-refractivity contribution is 7.89. The maximum absolute atomic E-state index is 13.1. The van der Waals surface area contributed by atoms with Gasteiger partial charge in [-0.05, 0) is 81.3 Å². The first-order valence-corrected chi connectivity index (χ1v) is 14.4. The monoisotopic (exact) mass is 552 g/mol. The van der Waals surface area contributed by atoms with Crippen LogP contribution in [-0.2, 0) is 14.8 Å². The van der Waals surface area contributed by atoms with Crippen molar-refractivity contribution in [2.24, 2.45) is 10.7 Å².